The van der Waals surface area contributed by atoms with Crippen LogP contribution in [0.1, 0.15) is 6.85 Å². The summed E-state index contributed by atoms with van der Waals surface area (Å²) < 4.78 is 39.4. The molecule has 0 saturated heterocycles. The molecule has 1 heterocycles. The number of hydrogen-bond acceptors (Lipinski definition) is 1. The van der Waals surface area contributed by atoms with Crippen LogP contribution in [-0.4, -0.2) is 9.97 Å². The van der Waals surface area contributed by atoms with E-state index in [9.17, 15) is 0 Å². The summed E-state index contributed by atoms with van der Waals surface area (Å²) in [7, 11) is 0. The number of H-pyrrole nitrogens is 1. The van der Waals surface area contributed by atoms with E-state index in [1.54, 1.807) is 12.1 Å². The van der Waals surface area contributed by atoms with Gasteiger partial charge in [-0.3, -0.25) is 0 Å². The van der Waals surface area contributed by atoms with Gasteiger partial charge in [0.1, 0.15) is 5.82 Å². The van der Waals surface area contributed by atoms with Crippen molar-refractivity contribution in [2.45, 2.75) is 0 Å². The van der Waals surface area contributed by atoms with Gasteiger partial charge in [-0.1, -0.05) is 66.6 Å². The van der Waals surface area contributed by atoms with Gasteiger partial charge in [0.15, 0.2) is 0 Å². The Morgan fingerprint density at radius 3 is 2.24 bits per heavy atom. The van der Waals surface area contributed by atoms with E-state index in [0.29, 0.717) is 5.56 Å². The normalized spacial score (nSPS) is 14.2. The Morgan fingerprint density at radius 1 is 0.762 bits per heavy atom. The van der Waals surface area contributed by atoms with Crippen LogP contribution < -0.4 is 0 Å². The third-order valence-corrected chi connectivity index (χ3v) is 3.34. The largest absolute Gasteiger partial charge is 0.338 e. The highest BCUT2D eigenvalue weighted by molar-refractivity contribution is 5.79. The fraction of sp³-hybridized carbons (Fsp3) is 0. The van der Waals surface area contributed by atoms with Crippen molar-refractivity contribution in [2.24, 2.45) is 0 Å². The van der Waals surface area contributed by atoms with Crippen LogP contribution in [0, 0.1) is 0 Å². The first-order valence-corrected chi connectivity index (χ1v) is 6.60. The highest BCUT2D eigenvalue weighted by atomic mass is 14.9. The number of para-hydroxylation sites is 2. The Kier molecular flexibility index (Phi) is 1.82. The Labute approximate surface area is 130 Å². The van der Waals surface area contributed by atoms with E-state index in [2.05, 4.69) is 9.97 Å². The minimum absolute atomic E-state index is 0.201. The van der Waals surface area contributed by atoms with Crippen molar-refractivity contribution in [3.8, 4) is 22.5 Å². The molecule has 4 rings (SSSR count). The fourth-order valence-corrected chi connectivity index (χ4v) is 2.28. The molecule has 0 saturated carbocycles. The SMILES string of the molecule is [2H]c1c([2H])c([2H])c(-c2ccc(-c3nc4ccccc4[nH]3)cc2)c([2H])c1[2H]. The molecule has 0 aliphatic rings. The lowest BCUT2D eigenvalue weighted by molar-refractivity contribution is 1.34. The second kappa shape index (κ2) is 4.91. The number of hydrogen-bond donors (Lipinski definition) is 1. The summed E-state index contributed by atoms with van der Waals surface area (Å²) in [6.45, 7) is 0. The number of aromatic amines is 1. The number of benzene rings is 3. The monoisotopic (exact) mass is 275 g/mol. The van der Waals surface area contributed by atoms with Gasteiger partial charge >= 0.3 is 0 Å². The molecule has 1 N–H and O–H groups in total. The molecule has 0 aliphatic heterocycles. The quantitative estimate of drug-likeness (QED) is 0.554. The van der Waals surface area contributed by atoms with Crippen LogP contribution in [0.4, 0.5) is 0 Å². The summed E-state index contributed by atoms with van der Waals surface area (Å²) in [6.07, 6.45) is 0. The van der Waals surface area contributed by atoms with E-state index >= 15 is 0 Å². The van der Waals surface area contributed by atoms with Crippen LogP contribution >= 0.6 is 0 Å². The van der Waals surface area contributed by atoms with Gasteiger partial charge < -0.3 is 4.98 Å². The summed E-state index contributed by atoms with van der Waals surface area (Å²) in [5.74, 6) is 0.721. The lowest BCUT2D eigenvalue weighted by atomic mass is 10.0. The van der Waals surface area contributed by atoms with Gasteiger partial charge in [0.05, 0.1) is 17.9 Å². The maximum Gasteiger partial charge on any atom is 0.138 e. The number of aromatic nitrogens is 2. The van der Waals surface area contributed by atoms with Crippen LogP contribution in [0.5, 0.6) is 0 Å². The van der Waals surface area contributed by atoms with Gasteiger partial charge in [-0.05, 0) is 23.3 Å². The third kappa shape index (κ3) is 2.21. The summed E-state index contributed by atoms with van der Waals surface area (Å²) in [5.41, 5.74) is 3.45. The van der Waals surface area contributed by atoms with E-state index in [-0.39, 0.29) is 35.8 Å². The van der Waals surface area contributed by atoms with Crippen molar-refractivity contribution in [1.29, 1.82) is 0 Å². The topological polar surface area (TPSA) is 28.7 Å². The zero-order valence-corrected chi connectivity index (χ0v) is 11.1. The molecule has 2 nitrogen and oxygen atoms in total. The maximum absolute atomic E-state index is 8.07. The first-order chi connectivity index (χ1) is 12.5. The van der Waals surface area contributed by atoms with E-state index < -0.39 is 0 Å². The number of nitrogens with zero attached hydrogens (tertiary/aromatic N) is 1. The van der Waals surface area contributed by atoms with Crippen LogP contribution in [0.25, 0.3) is 33.5 Å². The Balaban J connectivity index is 1.79. The van der Waals surface area contributed by atoms with Gasteiger partial charge in [-0.2, -0.15) is 0 Å². The predicted molar refractivity (Wildman–Crippen MR) is 87.0 cm³/mol. The summed E-state index contributed by atoms with van der Waals surface area (Å²) in [6, 6.07) is 13.4. The van der Waals surface area contributed by atoms with Crippen molar-refractivity contribution in [3.63, 3.8) is 0 Å². The molecule has 0 radical (unpaired) electrons. The molecule has 1 aromatic heterocycles. The van der Waals surface area contributed by atoms with Crippen LogP contribution in [0.2, 0.25) is 0 Å². The average Bonchev–Trinajstić information content (AvgIpc) is 3.10. The second-order valence-corrected chi connectivity index (χ2v) is 4.68. The molecule has 0 amide bonds. The van der Waals surface area contributed by atoms with Crippen molar-refractivity contribution in [1.82, 2.24) is 9.97 Å². The first-order valence-electron chi connectivity index (χ1n) is 9.10. The summed E-state index contributed by atoms with van der Waals surface area (Å²) >= 11 is 0. The minimum atomic E-state index is -0.386. The lowest BCUT2D eigenvalue weighted by Crippen LogP contribution is -1.81. The maximum atomic E-state index is 8.07. The van der Waals surface area contributed by atoms with E-state index in [4.69, 9.17) is 6.85 Å². The average molecular weight is 275 g/mol. The molecule has 2 heteroatoms. The molecule has 3 aromatic carbocycles. The molecule has 0 atom stereocenters. The molecule has 100 valence electrons. The summed E-state index contributed by atoms with van der Waals surface area (Å²) in [5, 5.41) is 0. The molecular formula is C19H14N2. The van der Waals surface area contributed by atoms with Gasteiger partial charge in [-0.15, -0.1) is 0 Å². The molecule has 0 bridgehead atoms. The van der Waals surface area contributed by atoms with Crippen molar-refractivity contribution < 1.29 is 6.85 Å². The molecule has 21 heavy (non-hydrogen) atoms. The zero-order chi connectivity index (χ0) is 18.4. The van der Waals surface area contributed by atoms with Gasteiger partial charge in [0, 0.05) is 5.56 Å². The highest BCUT2D eigenvalue weighted by Crippen LogP contribution is 2.24. The van der Waals surface area contributed by atoms with Gasteiger partial charge in [0.25, 0.3) is 0 Å². The first kappa shape index (κ1) is 7.79. The van der Waals surface area contributed by atoms with Gasteiger partial charge in [-0.25, -0.2) is 4.98 Å². The van der Waals surface area contributed by atoms with E-state index in [1.807, 2.05) is 36.4 Å². The number of imidazole rings is 1. The molecule has 0 fully saturated rings. The highest BCUT2D eigenvalue weighted by Gasteiger charge is 2.05. The Morgan fingerprint density at radius 2 is 1.48 bits per heavy atom. The predicted octanol–water partition coefficient (Wildman–Crippen LogP) is 4.90. The standard InChI is InChI=1S/C19H14N2/c1-2-6-14(7-3-1)15-10-12-16(13-11-15)19-20-17-8-4-5-9-18(17)21-19/h1-13H,(H,20,21)/i1D,2D,3D,6D,7D. The van der Waals surface area contributed by atoms with Crippen LogP contribution in [0.3, 0.4) is 0 Å². The minimum Gasteiger partial charge on any atom is -0.338 e. The third-order valence-electron chi connectivity index (χ3n) is 3.34. The Bertz CT molecular complexity index is 1070. The number of rotatable bonds is 2. The van der Waals surface area contributed by atoms with Gasteiger partial charge in [0.2, 0.25) is 0 Å². The van der Waals surface area contributed by atoms with E-state index in [0.717, 1.165) is 22.4 Å². The van der Waals surface area contributed by atoms with Crippen molar-refractivity contribution in [2.75, 3.05) is 0 Å². The Hall–Kier alpha value is -2.87. The molecular weight excluding hydrogens is 256 g/mol. The number of nitrogens with one attached hydrogen (secondary N) is 1. The molecule has 4 aromatic rings. The molecule has 0 aliphatic carbocycles. The fourth-order valence-electron chi connectivity index (χ4n) is 2.28. The van der Waals surface area contributed by atoms with Crippen molar-refractivity contribution in [3.05, 3.63) is 78.7 Å². The second-order valence-electron chi connectivity index (χ2n) is 4.68. The number of fused-ring (bicyclic) bond motifs is 1. The lowest BCUT2D eigenvalue weighted by Gasteiger charge is -2.02. The molecule has 0 spiro atoms. The smallest absolute Gasteiger partial charge is 0.138 e. The molecule has 0 unspecified atom stereocenters. The summed E-state index contributed by atoms with van der Waals surface area (Å²) in [4.78, 5) is 7.80. The zero-order valence-electron chi connectivity index (χ0n) is 16.1. The van der Waals surface area contributed by atoms with Crippen LogP contribution in [0.15, 0.2) is 78.7 Å². The van der Waals surface area contributed by atoms with Crippen LogP contribution in [-0.2, 0) is 0 Å². The van der Waals surface area contributed by atoms with E-state index in [1.165, 1.54) is 0 Å². The van der Waals surface area contributed by atoms with Crippen molar-refractivity contribution >= 4 is 11.0 Å².